The third-order valence-electron chi connectivity index (χ3n) is 10.0. The molecule has 1 aromatic carbocycles. The highest BCUT2D eigenvalue weighted by Gasteiger charge is 2.48. The lowest BCUT2D eigenvalue weighted by atomic mass is 9.93. The number of nitro benzene ring substituents is 1. The fourth-order valence-electron chi connectivity index (χ4n) is 6.57. The molecule has 1 aliphatic heterocycles. The zero-order valence-electron chi connectivity index (χ0n) is 32.4. The summed E-state index contributed by atoms with van der Waals surface area (Å²) in [7, 11) is 0. The van der Waals surface area contributed by atoms with E-state index in [9.17, 15) is 50.7 Å². The van der Waals surface area contributed by atoms with Gasteiger partial charge in [-0.15, -0.1) is 0 Å². The van der Waals surface area contributed by atoms with Crippen molar-refractivity contribution in [1.82, 2.24) is 15.6 Å². The monoisotopic (exact) mass is 797 g/mol. The van der Waals surface area contributed by atoms with Crippen molar-refractivity contribution in [3.8, 4) is 0 Å². The van der Waals surface area contributed by atoms with Crippen LogP contribution in [0.1, 0.15) is 110 Å². The normalized spacial score (nSPS) is 22.2. The molecule has 18 heteroatoms. The van der Waals surface area contributed by atoms with Crippen LogP contribution < -0.4 is 10.6 Å². The molecule has 2 aromatic rings. The van der Waals surface area contributed by atoms with E-state index in [1.54, 1.807) is 6.08 Å². The van der Waals surface area contributed by atoms with E-state index in [1.807, 2.05) is 6.08 Å². The van der Waals surface area contributed by atoms with Gasteiger partial charge in [-0.2, -0.15) is 0 Å². The number of carbonyl (C=O) groups excluding carboxylic acids is 1. The molecule has 0 aliphatic carbocycles. The summed E-state index contributed by atoms with van der Waals surface area (Å²) in [4.78, 5) is 23.7. The molecule has 18 nitrogen and oxygen atoms in total. The van der Waals surface area contributed by atoms with Crippen molar-refractivity contribution in [1.29, 1.82) is 0 Å². The highest BCUT2D eigenvalue weighted by Crippen LogP contribution is 2.29. The summed E-state index contributed by atoms with van der Waals surface area (Å²) in [6.07, 6.45) is 5.95. The molecule has 1 saturated heterocycles. The summed E-state index contributed by atoms with van der Waals surface area (Å²) >= 11 is 0. The number of hydrogen-bond acceptors (Lipinski definition) is 16. The van der Waals surface area contributed by atoms with Crippen LogP contribution in [0, 0.1) is 10.1 Å². The molecule has 9 atom stereocenters. The Kier molecular flexibility index (Phi) is 21.7. The van der Waals surface area contributed by atoms with Crippen LogP contribution in [0.2, 0.25) is 0 Å². The molecule has 1 aliphatic rings. The molecule has 1 amide bonds. The van der Waals surface area contributed by atoms with Crippen molar-refractivity contribution in [3.05, 3.63) is 34.4 Å². The number of aliphatic hydroxyl groups is 7. The molecule has 318 valence electrons. The summed E-state index contributed by atoms with van der Waals surface area (Å²) in [5.41, 5.74) is 0.589. The van der Waals surface area contributed by atoms with Crippen molar-refractivity contribution in [3.63, 3.8) is 0 Å². The van der Waals surface area contributed by atoms with E-state index in [1.165, 1.54) is 63.5 Å². The average Bonchev–Trinajstić information content (AvgIpc) is 3.69. The van der Waals surface area contributed by atoms with Gasteiger partial charge in [0.05, 0.1) is 36.0 Å². The molecular formula is C38H63N5O13. The van der Waals surface area contributed by atoms with Gasteiger partial charge in [0.1, 0.15) is 36.6 Å². The predicted molar refractivity (Wildman–Crippen MR) is 205 cm³/mol. The van der Waals surface area contributed by atoms with E-state index in [4.69, 9.17) is 9.47 Å². The summed E-state index contributed by atoms with van der Waals surface area (Å²) in [6, 6.07) is 1.83. The van der Waals surface area contributed by atoms with Gasteiger partial charge in [0.15, 0.2) is 11.8 Å². The summed E-state index contributed by atoms with van der Waals surface area (Å²) in [5, 5.41) is 96.3. The highest BCUT2D eigenvalue weighted by atomic mass is 16.7. The van der Waals surface area contributed by atoms with E-state index in [-0.39, 0.29) is 29.0 Å². The number of nitro groups is 1. The van der Waals surface area contributed by atoms with Crippen LogP contribution in [0.3, 0.4) is 0 Å². The Morgan fingerprint density at radius 2 is 1.55 bits per heavy atom. The number of benzene rings is 1. The first-order chi connectivity index (χ1) is 27.0. The molecular weight excluding hydrogens is 734 g/mol. The van der Waals surface area contributed by atoms with Gasteiger partial charge in [-0.1, -0.05) is 89.7 Å². The minimum absolute atomic E-state index is 0.0394. The minimum atomic E-state index is -1.84. The Hall–Kier alpha value is -3.33. The van der Waals surface area contributed by atoms with Gasteiger partial charge in [-0.25, -0.2) is 4.63 Å². The number of nitrogens with zero attached hydrogens (tertiary/aromatic N) is 3. The SMILES string of the molecule is CCCCCCCCCCCCCC=CC(O)C(COC1O[C@H]([C@@H](O)[C@H](O)CO)[C@@H](O)[C@H](O)[C@H]1O)NC(=O)CCCCCNc1ccc([N+](=O)[O-])c2nonc12. The second-order valence-electron chi connectivity index (χ2n) is 14.5. The number of ether oxygens (including phenoxy) is 2. The van der Waals surface area contributed by atoms with Crippen molar-refractivity contribution in [2.45, 2.75) is 165 Å². The first kappa shape index (κ1) is 47.0. The number of anilines is 1. The number of aromatic nitrogens is 2. The molecule has 9 N–H and O–H groups in total. The average molecular weight is 798 g/mol. The van der Waals surface area contributed by atoms with Gasteiger partial charge in [-0.05, 0) is 42.1 Å². The van der Waals surface area contributed by atoms with Gasteiger partial charge in [0, 0.05) is 19.0 Å². The van der Waals surface area contributed by atoms with Gasteiger partial charge in [0.2, 0.25) is 11.4 Å². The lowest BCUT2D eigenvalue weighted by molar-refractivity contribution is -0.383. The Bertz CT molecular complexity index is 1440. The molecule has 3 rings (SSSR count). The quantitative estimate of drug-likeness (QED) is 0.0248. The van der Waals surface area contributed by atoms with Crippen LogP contribution in [0.25, 0.3) is 11.0 Å². The van der Waals surface area contributed by atoms with Crippen LogP contribution in [-0.2, 0) is 14.3 Å². The maximum absolute atomic E-state index is 13.0. The number of carbonyl (C=O) groups is 1. The Morgan fingerprint density at radius 3 is 2.21 bits per heavy atom. The largest absolute Gasteiger partial charge is 0.394 e. The van der Waals surface area contributed by atoms with Crippen molar-refractivity contribution in [2.24, 2.45) is 0 Å². The van der Waals surface area contributed by atoms with Gasteiger partial charge in [-0.3, -0.25) is 14.9 Å². The smallest absolute Gasteiger partial charge is 0.300 e. The minimum Gasteiger partial charge on any atom is -0.394 e. The Balaban J connectivity index is 1.49. The fourth-order valence-corrected chi connectivity index (χ4v) is 6.57. The van der Waals surface area contributed by atoms with Crippen molar-refractivity contribution < 1.29 is 59.6 Å². The van der Waals surface area contributed by atoms with Crippen LogP contribution in [-0.4, -0.2) is 132 Å². The maximum atomic E-state index is 13.0. The molecule has 2 heterocycles. The molecule has 1 fully saturated rings. The van der Waals surface area contributed by atoms with E-state index < -0.39 is 73.2 Å². The van der Waals surface area contributed by atoms with Gasteiger partial charge in [0.25, 0.3) is 0 Å². The van der Waals surface area contributed by atoms with Crippen LogP contribution in [0.15, 0.2) is 28.9 Å². The standard InChI is InChI=1S/C38H63N5O13/c1-2-3-4-5-6-7-8-9-10-11-12-13-15-18-28(45)26(24-54-38-36(51)34(49)35(50)37(55-38)33(48)29(46)23-44)40-30(47)19-16-14-17-22-39-25-20-21-27(43(52)53)32-31(25)41-56-42-32/h15,18,20-21,26,28-29,33-39,44-46,48-51H,2-14,16-17,19,22-24H2,1H3,(H,40,47)/t26?,28?,29-,33+,34+,35+,36-,37-,38?/m1/s1. The number of fused-ring (bicyclic) bond motifs is 1. The number of unbranched alkanes of at least 4 members (excludes halogenated alkanes) is 13. The number of aliphatic hydroxyl groups excluding tert-OH is 7. The Morgan fingerprint density at radius 1 is 0.911 bits per heavy atom. The van der Waals surface area contributed by atoms with E-state index in [0.717, 1.165) is 25.7 Å². The fraction of sp³-hybridized carbons (Fsp3) is 0.763. The Labute approximate surface area is 327 Å². The van der Waals surface area contributed by atoms with Crippen molar-refractivity contribution in [2.75, 3.05) is 25.1 Å². The summed E-state index contributed by atoms with van der Waals surface area (Å²) in [5.74, 6) is -0.380. The van der Waals surface area contributed by atoms with Crippen LogP contribution in [0.5, 0.6) is 0 Å². The molecule has 1 aromatic heterocycles. The molecule has 0 spiro atoms. The topological polar surface area (TPSA) is 283 Å². The second kappa shape index (κ2) is 25.8. The first-order valence-corrected chi connectivity index (χ1v) is 20.1. The number of nitrogens with one attached hydrogen (secondary N) is 2. The van der Waals surface area contributed by atoms with E-state index in [2.05, 4.69) is 32.5 Å². The summed E-state index contributed by atoms with van der Waals surface area (Å²) in [6.45, 7) is 1.45. The highest BCUT2D eigenvalue weighted by molar-refractivity contribution is 5.93. The van der Waals surface area contributed by atoms with Gasteiger partial charge < -0.3 is 55.9 Å². The molecule has 0 saturated carbocycles. The van der Waals surface area contributed by atoms with Crippen LogP contribution in [0.4, 0.5) is 11.4 Å². The molecule has 3 unspecified atom stereocenters. The molecule has 0 bridgehead atoms. The first-order valence-electron chi connectivity index (χ1n) is 20.1. The lowest BCUT2D eigenvalue weighted by Gasteiger charge is -2.43. The van der Waals surface area contributed by atoms with Gasteiger partial charge >= 0.3 is 5.69 Å². The zero-order valence-corrected chi connectivity index (χ0v) is 32.4. The zero-order chi connectivity index (χ0) is 40.9. The summed E-state index contributed by atoms with van der Waals surface area (Å²) < 4.78 is 15.9. The number of hydrogen-bond donors (Lipinski definition) is 9. The number of rotatable bonds is 29. The van der Waals surface area contributed by atoms with Crippen LogP contribution >= 0.6 is 0 Å². The van der Waals surface area contributed by atoms with Crippen molar-refractivity contribution >= 4 is 28.3 Å². The second-order valence-corrected chi connectivity index (χ2v) is 14.5. The molecule has 56 heavy (non-hydrogen) atoms. The lowest BCUT2D eigenvalue weighted by Crippen LogP contribution is -2.63. The number of amides is 1. The maximum Gasteiger partial charge on any atom is 0.300 e. The number of non-ortho nitro benzene ring substituents is 1. The predicted octanol–water partition coefficient (Wildman–Crippen LogP) is 2.74. The third kappa shape index (κ3) is 15.2. The third-order valence-corrected chi connectivity index (χ3v) is 10.0. The van der Waals surface area contributed by atoms with E-state index in [0.29, 0.717) is 31.5 Å². The number of allylic oxidation sites excluding steroid dienone is 1. The van der Waals surface area contributed by atoms with E-state index >= 15 is 0 Å². The molecule has 0 radical (unpaired) electrons.